The molecule has 1 fully saturated rings. The van der Waals surface area contributed by atoms with Crippen LogP contribution in [0.3, 0.4) is 0 Å². The second-order valence-corrected chi connectivity index (χ2v) is 10.1. The van der Waals surface area contributed by atoms with E-state index in [0.29, 0.717) is 11.3 Å². The fourth-order valence-corrected chi connectivity index (χ4v) is 5.68. The molecule has 2 heterocycles. The molecule has 2 aliphatic heterocycles. The monoisotopic (exact) mass is 461 g/mol. The number of halogens is 1. The first-order chi connectivity index (χ1) is 15.1. The van der Waals surface area contributed by atoms with Gasteiger partial charge in [-0.05, 0) is 55.8 Å². The Hall–Kier alpha value is -2.82. The second-order valence-electron chi connectivity index (χ2n) is 8.13. The van der Waals surface area contributed by atoms with Crippen LogP contribution < -0.4 is 10.6 Å². The van der Waals surface area contributed by atoms with E-state index in [-0.39, 0.29) is 48.2 Å². The maximum absolute atomic E-state index is 13.5. The van der Waals surface area contributed by atoms with Gasteiger partial charge in [-0.15, -0.1) is 0 Å². The van der Waals surface area contributed by atoms with E-state index in [9.17, 15) is 22.4 Å². The van der Waals surface area contributed by atoms with Gasteiger partial charge in [-0.1, -0.05) is 6.07 Å². The van der Waals surface area contributed by atoms with Crippen molar-refractivity contribution in [3.63, 3.8) is 0 Å². The summed E-state index contributed by atoms with van der Waals surface area (Å²) in [7, 11) is -3.69. The van der Waals surface area contributed by atoms with Crippen molar-refractivity contribution in [2.24, 2.45) is 0 Å². The maximum atomic E-state index is 13.5. The molecule has 3 unspecified atom stereocenters. The fraction of sp³-hybridized carbons (Fsp3) is 0.364. The summed E-state index contributed by atoms with van der Waals surface area (Å²) in [6, 6.07) is 9.79. The van der Waals surface area contributed by atoms with Gasteiger partial charge in [0.05, 0.1) is 23.0 Å². The number of hydrogen-bond acceptors (Lipinski definition) is 5. The molecule has 170 valence electrons. The molecule has 2 aromatic carbocycles. The molecule has 0 saturated carbocycles. The highest BCUT2D eigenvalue weighted by atomic mass is 32.2. The first-order valence-electron chi connectivity index (χ1n) is 10.3. The topological polar surface area (TPSA) is 105 Å². The van der Waals surface area contributed by atoms with Gasteiger partial charge >= 0.3 is 0 Å². The van der Waals surface area contributed by atoms with Crippen molar-refractivity contribution in [1.29, 1.82) is 0 Å². The summed E-state index contributed by atoms with van der Waals surface area (Å²) in [6.07, 6.45) is -0.461. The molecule has 1 saturated heterocycles. The molecule has 10 heteroatoms. The quantitative estimate of drug-likeness (QED) is 0.729. The highest BCUT2D eigenvalue weighted by Gasteiger charge is 2.33. The number of hydrogen-bond donors (Lipinski definition) is 2. The average Bonchev–Trinajstić information content (AvgIpc) is 2.72. The lowest BCUT2D eigenvalue weighted by molar-refractivity contribution is -0.123. The number of nitrogens with one attached hydrogen (secondary N) is 2. The number of benzene rings is 2. The lowest BCUT2D eigenvalue weighted by Gasteiger charge is -2.34. The van der Waals surface area contributed by atoms with Gasteiger partial charge in [0.2, 0.25) is 21.8 Å². The molecule has 2 amide bonds. The minimum Gasteiger partial charge on any atom is -0.373 e. The zero-order chi connectivity index (χ0) is 23.0. The van der Waals surface area contributed by atoms with Crippen LogP contribution in [0.15, 0.2) is 47.4 Å². The van der Waals surface area contributed by atoms with Crippen molar-refractivity contribution < 1.29 is 27.1 Å². The van der Waals surface area contributed by atoms with E-state index >= 15 is 0 Å². The summed E-state index contributed by atoms with van der Waals surface area (Å²) in [6.45, 7) is 4.20. The van der Waals surface area contributed by atoms with Crippen LogP contribution in [0.5, 0.6) is 0 Å². The minimum atomic E-state index is -3.69. The first-order valence-corrected chi connectivity index (χ1v) is 11.7. The first kappa shape index (κ1) is 22.4. The van der Waals surface area contributed by atoms with E-state index in [1.54, 1.807) is 0 Å². The Kier molecular flexibility index (Phi) is 6.02. The Morgan fingerprint density at radius 1 is 1.12 bits per heavy atom. The molecule has 8 nitrogen and oxygen atoms in total. The zero-order valence-corrected chi connectivity index (χ0v) is 18.5. The smallest absolute Gasteiger partial charge is 0.243 e. The molecule has 0 bridgehead atoms. The minimum absolute atomic E-state index is 0.0652. The third-order valence-corrected chi connectivity index (χ3v) is 7.36. The Labute approximate surface area is 185 Å². The number of nitrogens with zero attached hydrogens (tertiary/aromatic N) is 1. The van der Waals surface area contributed by atoms with Gasteiger partial charge in [0.25, 0.3) is 0 Å². The number of carbonyl (C=O) groups excluding carboxylic acids is 2. The predicted octanol–water partition coefficient (Wildman–Crippen LogP) is 2.69. The summed E-state index contributed by atoms with van der Waals surface area (Å²) in [4.78, 5) is 24.9. The molecule has 4 rings (SSSR count). The van der Waals surface area contributed by atoms with Gasteiger partial charge in [-0.3, -0.25) is 9.59 Å². The van der Waals surface area contributed by atoms with Gasteiger partial charge in [0.1, 0.15) is 5.82 Å². The summed E-state index contributed by atoms with van der Waals surface area (Å²) >= 11 is 0. The number of anilines is 2. The molecule has 0 aromatic heterocycles. The summed E-state index contributed by atoms with van der Waals surface area (Å²) in [5, 5.41) is 5.29. The highest BCUT2D eigenvalue weighted by Crippen LogP contribution is 2.33. The average molecular weight is 462 g/mol. The number of ether oxygens (including phenoxy) is 1. The predicted molar refractivity (Wildman–Crippen MR) is 116 cm³/mol. The lowest BCUT2D eigenvalue weighted by Crippen LogP contribution is -2.48. The Morgan fingerprint density at radius 3 is 2.44 bits per heavy atom. The highest BCUT2D eigenvalue weighted by molar-refractivity contribution is 7.89. The van der Waals surface area contributed by atoms with Crippen molar-refractivity contribution in [2.45, 2.75) is 43.3 Å². The molecule has 2 N–H and O–H groups in total. The molecule has 3 atom stereocenters. The van der Waals surface area contributed by atoms with Crippen molar-refractivity contribution in [3.8, 4) is 0 Å². The van der Waals surface area contributed by atoms with Crippen LogP contribution in [0.4, 0.5) is 15.8 Å². The number of morpholine rings is 1. The molecule has 0 radical (unpaired) electrons. The molecule has 0 spiro atoms. The van der Waals surface area contributed by atoms with E-state index in [4.69, 9.17) is 4.74 Å². The normalized spacial score (nSPS) is 23.8. The summed E-state index contributed by atoms with van der Waals surface area (Å²) in [5.41, 5.74) is 1.20. The van der Waals surface area contributed by atoms with E-state index in [1.807, 2.05) is 13.8 Å². The number of amides is 2. The molecule has 0 aliphatic carbocycles. The van der Waals surface area contributed by atoms with Crippen molar-refractivity contribution in [3.05, 3.63) is 53.8 Å². The van der Waals surface area contributed by atoms with Gasteiger partial charge in [-0.25, -0.2) is 12.8 Å². The Bertz CT molecular complexity index is 1140. The standard InChI is InChI=1S/C22H24FN3O5S/c1-13-11-26(12-14(2)31-13)32(29,30)17-6-4-16(5-7-17)24-22(28)19-10-21(27)25-20-9-15(23)3-8-18(19)20/h3-9,13-14,19H,10-12H2,1-2H3,(H,24,28)(H,25,27). The molecule has 32 heavy (non-hydrogen) atoms. The molecule has 2 aliphatic rings. The van der Waals surface area contributed by atoms with Gasteiger partial charge in [-0.2, -0.15) is 4.31 Å². The fourth-order valence-electron chi connectivity index (χ4n) is 4.09. The number of sulfonamides is 1. The van der Waals surface area contributed by atoms with Crippen LogP contribution in [0.1, 0.15) is 31.7 Å². The molecular weight excluding hydrogens is 437 g/mol. The third kappa shape index (κ3) is 4.52. The number of rotatable bonds is 4. The molecular formula is C22H24FN3O5S. The second kappa shape index (κ2) is 8.61. The summed E-state index contributed by atoms with van der Waals surface area (Å²) in [5.74, 6) is -2.09. The van der Waals surface area contributed by atoms with E-state index in [2.05, 4.69) is 10.6 Å². The number of fused-ring (bicyclic) bond motifs is 1. The van der Waals surface area contributed by atoms with Crippen molar-refractivity contribution >= 4 is 33.2 Å². The number of carbonyl (C=O) groups is 2. The zero-order valence-electron chi connectivity index (χ0n) is 17.7. The maximum Gasteiger partial charge on any atom is 0.243 e. The van der Waals surface area contributed by atoms with Crippen molar-refractivity contribution in [2.75, 3.05) is 23.7 Å². The van der Waals surface area contributed by atoms with Crippen LogP contribution in [-0.4, -0.2) is 49.8 Å². The van der Waals surface area contributed by atoms with Crippen molar-refractivity contribution in [1.82, 2.24) is 4.31 Å². The SMILES string of the molecule is CC1CN(S(=O)(=O)c2ccc(NC(=O)C3CC(=O)Nc4cc(F)ccc43)cc2)CC(C)O1. The largest absolute Gasteiger partial charge is 0.373 e. The Balaban J connectivity index is 1.50. The van der Waals surface area contributed by atoms with Gasteiger partial charge < -0.3 is 15.4 Å². The third-order valence-electron chi connectivity index (χ3n) is 5.52. The van der Waals surface area contributed by atoms with Crippen LogP contribution in [0.2, 0.25) is 0 Å². The van der Waals surface area contributed by atoms with E-state index < -0.39 is 27.7 Å². The van der Waals surface area contributed by atoms with Gasteiger partial charge in [0, 0.05) is 30.9 Å². The molecule has 2 aromatic rings. The van der Waals surface area contributed by atoms with E-state index in [1.165, 1.54) is 46.8 Å². The van der Waals surface area contributed by atoms with Crippen LogP contribution >= 0.6 is 0 Å². The van der Waals surface area contributed by atoms with Gasteiger partial charge in [0.15, 0.2) is 0 Å². The van der Waals surface area contributed by atoms with Crippen LogP contribution in [0, 0.1) is 5.82 Å². The Morgan fingerprint density at radius 2 is 1.78 bits per heavy atom. The summed E-state index contributed by atoms with van der Waals surface area (Å²) < 4.78 is 46.4. The van der Waals surface area contributed by atoms with Crippen LogP contribution in [0.25, 0.3) is 0 Å². The lowest BCUT2D eigenvalue weighted by atomic mass is 9.89. The van der Waals surface area contributed by atoms with E-state index in [0.717, 1.165) is 0 Å². The van der Waals surface area contributed by atoms with Crippen LogP contribution in [-0.2, 0) is 24.3 Å².